The Morgan fingerprint density at radius 3 is 2.29 bits per heavy atom. The molecule has 96 valence electrons. The largest absolute Gasteiger partial charge is 0.325 e. The van der Waals surface area contributed by atoms with E-state index in [2.05, 4.69) is 0 Å². The van der Waals surface area contributed by atoms with Crippen molar-refractivity contribution < 1.29 is 9.05 Å². The summed E-state index contributed by atoms with van der Waals surface area (Å²) in [5, 5.41) is 0.762. The second-order valence-corrected chi connectivity index (χ2v) is 11.2. The van der Waals surface area contributed by atoms with Crippen molar-refractivity contribution in [3.05, 3.63) is 29.3 Å². The summed E-state index contributed by atoms with van der Waals surface area (Å²) in [6.45, 7) is 0. The highest BCUT2D eigenvalue weighted by molar-refractivity contribution is 8.67. The molecule has 0 fully saturated rings. The zero-order chi connectivity index (χ0) is 12.7. The molecule has 0 bridgehead atoms. The van der Waals surface area contributed by atoms with Crippen LogP contribution in [0.5, 0.6) is 0 Å². The Hall–Kier alpha value is 0.780. The van der Waals surface area contributed by atoms with Gasteiger partial charge < -0.3 is 9.05 Å². The summed E-state index contributed by atoms with van der Waals surface area (Å²) in [5.41, 5.74) is -2.09. The van der Waals surface area contributed by atoms with E-state index in [1.54, 1.807) is 37.4 Å². The molecule has 0 heterocycles. The quantitative estimate of drug-likeness (QED) is 0.409. The number of benzene rings is 1. The molecule has 17 heavy (non-hydrogen) atoms. The van der Waals surface area contributed by atoms with Gasteiger partial charge in [0.2, 0.25) is 5.69 Å². The highest BCUT2D eigenvalue weighted by atomic mass is 35.5. The predicted molar refractivity (Wildman–Crippen MR) is 82.9 cm³/mol. The monoisotopic (exact) mass is 328 g/mol. The second kappa shape index (κ2) is 8.05. The maximum atomic E-state index is 5.81. The summed E-state index contributed by atoms with van der Waals surface area (Å²) in [6, 6.07) is 7.82. The van der Waals surface area contributed by atoms with Crippen LogP contribution >= 0.6 is 40.4 Å². The molecule has 1 rings (SSSR count). The van der Waals surface area contributed by atoms with Gasteiger partial charge in [-0.1, -0.05) is 23.0 Å². The van der Waals surface area contributed by atoms with Gasteiger partial charge in [0.05, 0.1) is 0 Å². The molecule has 0 radical (unpaired) electrons. The highest BCUT2D eigenvalue weighted by Crippen LogP contribution is 2.59. The van der Waals surface area contributed by atoms with Gasteiger partial charge in [-0.2, -0.15) is 0 Å². The van der Waals surface area contributed by atoms with Gasteiger partial charge in [0.25, 0.3) is 0 Å². The molecule has 0 aliphatic carbocycles. The molecule has 1 aromatic carbocycles. The Kier molecular flexibility index (Phi) is 7.50. The van der Waals surface area contributed by atoms with Crippen molar-refractivity contribution in [2.45, 2.75) is 4.90 Å². The molecule has 0 unspecified atom stereocenters. The standard InChI is InChI=1S/C10H14ClO2PS3/c1-12-14(15,13-2)17-8-7-16-10-5-3-9(11)4-6-10/h3-6H,7-8H2,1-2H3. The first-order valence-electron chi connectivity index (χ1n) is 4.84. The molecule has 0 spiro atoms. The van der Waals surface area contributed by atoms with Crippen molar-refractivity contribution >= 4 is 52.2 Å². The fraction of sp³-hybridized carbons (Fsp3) is 0.400. The van der Waals surface area contributed by atoms with E-state index in [-0.39, 0.29) is 0 Å². The Balaban J connectivity index is 2.29. The maximum absolute atomic E-state index is 5.81. The van der Waals surface area contributed by atoms with Crippen molar-refractivity contribution in [1.82, 2.24) is 0 Å². The van der Waals surface area contributed by atoms with Crippen molar-refractivity contribution in [3.63, 3.8) is 0 Å². The van der Waals surface area contributed by atoms with Crippen molar-refractivity contribution in [1.29, 1.82) is 0 Å². The Morgan fingerprint density at radius 1 is 1.18 bits per heavy atom. The van der Waals surface area contributed by atoms with Crippen LogP contribution in [-0.2, 0) is 20.9 Å². The van der Waals surface area contributed by atoms with Gasteiger partial charge in [-0.05, 0) is 36.1 Å². The van der Waals surface area contributed by atoms with Gasteiger partial charge in [0, 0.05) is 35.6 Å². The fourth-order valence-corrected chi connectivity index (χ4v) is 5.57. The minimum Gasteiger partial charge on any atom is -0.325 e. The van der Waals surface area contributed by atoms with Crippen LogP contribution in [0.15, 0.2) is 29.2 Å². The maximum Gasteiger partial charge on any atom is 0.246 e. The number of thioether (sulfide) groups is 1. The van der Waals surface area contributed by atoms with Crippen LogP contribution in [-0.4, -0.2) is 25.7 Å². The van der Waals surface area contributed by atoms with E-state index < -0.39 is 5.69 Å². The Bertz CT molecular complexity index is 378. The molecule has 0 N–H and O–H groups in total. The van der Waals surface area contributed by atoms with E-state index in [9.17, 15) is 0 Å². The molecule has 0 aliphatic heterocycles. The van der Waals surface area contributed by atoms with Gasteiger partial charge in [0.15, 0.2) is 0 Å². The molecular formula is C10H14ClO2PS3. The van der Waals surface area contributed by atoms with Crippen LogP contribution in [0.4, 0.5) is 0 Å². The molecule has 0 amide bonds. The Labute approximate surface area is 121 Å². The summed E-state index contributed by atoms with van der Waals surface area (Å²) in [5.74, 6) is 1.88. The lowest BCUT2D eigenvalue weighted by atomic mass is 10.4. The van der Waals surface area contributed by atoms with Crippen molar-refractivity contribution in [2.75, 3.05) is 25.7 Å². The third-order valence-corrected chi connectivity index (χ3v) is 9.22. The molecule has 2 nitrogen and oxygen atoms in total. The molecule has 0 aliphatic rings. The van der Waals surface area contributed by atoms with Crippen LogP contribution in [0.2, 0.25) is 5.02 Å². The van der Waals surface area contributed by atoms with Gasteiger partial charge in [-0.25, -0.2) is 0 Å². The third kappa shape index (κ3) is 5.97. The number of hydrogen-bond donors (Lipinski definition) is 0. The minimum atomic E-state index is -2.09. The van der Waals surface area contributed by atoms with Gasteiger partial charge in [-0.15, -0.1) is 11.8 Å². The van der Waals surface area contributed by atoms with E-state index in [0.29, 0.717) is 0 Å². The number of halogens is 1. The summed E-state index contributed by atoms with van der Waals surface area (Å²) in [7, 11) is 3.20. The normalized spacial score (nSPS) is 11.7. The lowest BCUT2D eigenvalue weighted by molar-refractivity contribution is 0.354. The van der Waals surface area contributed by atoms with E-state index in [0.717, 1.165) is 16.5 Å². The zero-order valence-electron chi connectivity index (χ0n) is 9.59. The molecule has 7 heteroatoms. The average molecular weight is 329 g/mol. The molecule has 0 saturated carbocycles. The lowest BCUT2D eigenvalue weighted by Gasteiger charge is -2.16. The summed E-state index contributed by atoms with van der Waals surface area (Å²) in [4.78, 5) is 1.21. The zero-order valence-corrected chi connectivity index (χ0v) is 13.7. The molecule has 0 saturated heterocycles. The topological polar surface area (TPSA) is 18.5 Å². The van der Waals surface area contributed by atoms with Gasteiger partial charge >= 0.3 is 0 Å². The van der Waals surface area contributed by atoms with Gasteiger partial charge in [-0.3, -0.25) is 0 Å². The van der Waals surface area contributed by atoms with Gasteiger partial charge in [0.1, 0.15) is 0 Å². The molecule has 0 aromatic heterocycles. The first-order valence-corrected chi connectivity index (χ1v) is 10.4. The van der Waals surface area contributed by atoms with Crippen LogP contribution in [0.3, 0.4) is 0 Å². The first kappa shape index (κ1) is 15.8. The van der Waals surface area contributed by atoms with E-state index >= 15 is 0 Å². The molecule has 0 atom stereocenters. The average Bonchev–Trinajstić information content (AvgIpc) is 2.36. The first-order chi connectivity index (χ1) is 8.09. The van der Waals surface area contributed by atoms with E-state index in [1.165, 1.54) is 4.90 Å². The highest BCUT2D eigenvalue weighted by Gasteiger charge is 2.15. The van der Waals surface area contributed by atoms with Crippen molar-refractivity contribution in [3.8, 4) is 0 Å². The summed E-state index contributed by atoms with van der Waals surface area (Å²) >= 11 is 14.4. The molecular weight excluding hydrogens is 315 g/mol. The molecule has 1 aromatic rings. The number of hydrogen-bond acceptors (Lipinski definition) is 5. The second-order valence-electron chi connectivity index (χ2n) is 2.95. The lowest BCUT2D eigenvalue weighted by Crippen LogP contribution is -1.88. The summed E-state index contributed by atoms with van der Waals surface area (Å²) in [6.07, 6.45) is 0. The summed E-state index contributed by atoms with van der Waals surface area (Å²) < 4.78 is 10.4. The minimum absolute atomic E-state index is 0.762. The van der Waals surface area contributed by atoms with Crippen LogP contribution in [0, 0.1) is 0 Å². The van der Waals surface area contributed by atoms with E-state index in [1.807, 2.05) is 24.3 Å². The van der Waals surface area contributed by atoms with Crippen LogP contribution < -0.4 is 0 Å². The van der Waals surface area contributed by atoms with E-state index in [4.69, 9.17) is 32.5 Å². The SMILES string of the molecule is COP(=S)(OC)SCCSc1ccc(Cl)cc1. The predicted octanol–water partition coefficient (Wildman–Crippen LogP) is 4.68. The van der Waals surface area contributed by atoms with Crippen LogP contribution in [0.25, 0.3) is 0 Å². The smallest absolute Gasteiger partial charge is 0.246 e. The number of rotatable bonds is 7. The third-order valence-electron chi connectivity index (χ3n) is 1.86. The Morgan fingerprint density at radius 2 is 1.76 bits per heavy atom. The van der Waals surface area contributed by atoms with Crippen molar-refractivity contribution in [2.24, 2.45) is 0 Å². The fourth-order valence-electron chi connectivity index (χ4n) is 1.02. The van der Waals surface area contributed by atoms with Crippen LogP contribution in [0.1, 0.15) is 0 Å².